The minimum Gasteiger partial charge on any atom is -0.491 e. The summed E-state index contributed by atoms with van der Waals surface area (Å²) in [7, 11) is 0. The molecular weight excluding hydrogens is 388 g/mol. The van der Waals surface area contributed by atoms with E-state index in [9.17, 15) is 9.90 Å². The predicted octanol–water partition coefficient (Wildman–Crippen LogP) is 4.16. The van der Waals surface area contributed by atoms with Gasteiger partial charge in [0.25, 0.3) is 5.56 Å². The number of benzene rings is 3. The van der Waals surface area contributed by atoms with E-state index >= 15 is 0 Å². The number of aliphatic hydroxyl groups excluding tert-OH is 1. The summed E-state index contributed by atoms with van der Waals surface area (Å²) in [5, 5.41) is 16.9. The Balaban J connectivity index is 1.62. The van der Waals surface area contributed by atoms with E-state index < -0.39 is 6.10 Å². The average Bonchev–Trinajstić information content (AvgIpc) is 2.76. The first-order chi connectivity index (χ1) is 14.1. The first-order valence-electron chi connectivity index (χ1n) is 9.23. The minimum absolute atomic E-state index is 0.0249. The fourth-order valence-electron chi connectivity index (χ4n) is 3.14. The Kier molecular flexibility index (Phi) is 5.60. The normalized spacial score (nSPS) is 12.1. The molecule has 0 amide bonds. The Morgan fingerprint density at radius 2 is 1.59 bits per heavy atom. The average molecular weight is 407 g/mol. The van der Waals surface area contributed by atoms with Crippen LogP contribution in [0.3, 0.4) is 0 Å². The van der Waals surface area contributed by atoms with E-state index in [1.807, 2.05) is 48.5 Å². The Morgan fingerprint density at radius 1 is 0.931 bits per heavy atom. The predicted molar refractivity (Wildman–Crippen MR) is 114 cm³/mol. The first-order valence-corrected chi connectivity index (χ1v) is 9.61. The minimum atomic E-state index is -0.902. The summed E-state index contributed by atoms with van der Waals surface area (Å²) in [6.07, 6.45) is -0.902. The van der Waals surface area contributed by atoms with Gasteiger partial charge in [0.05, 0.1) is 17.6 Å². The molecule has 4 rings (SSSR count). The monoisotopic (exact) mass is 406 g/mol. The van der Waals surface area contributed by atoms with Crippen molar-refractivity contribution in [1.29, 1.82) is 0 Å². The highest BCUT2D eigenvalue weighted by molar-refractivity contribution is 6.30. The number of aromatic nitrogens is 2. The van der Waals surface area contributed by atoms with Gasteiger partial charge in [-0.2, -0.15) is 5.10 Å². The van der Waals surface area contributed by atoms with Gasteiger partial charge in [0.2, 0.25) is 0 Å². The molecule has 0 aliphatic carbocycles. The summed E-state index contributed by atoms with van der Waals surface area (Å²) in [5.74, 6) is 0.595. The largest absolute Gasteiger partial charge is 0.491 e. The molecule has 1 unspecified atom stereocenters. The Labute approximate surface area is 172 Å². The number of fused-ring (bicyclic) bond motifs is 1. The summed E-state index contributed by atoms with van der Waals surface area (Å²) in [4.78, 5) is 12.9. The second kappa shape index (κ2) is 8.47. The van der Waals surface area contributed by atoms with Crippen LogP contribution >= 0.6 is 11.6 Å². The van der Waals surface area contributed by atoms with Crippen molar-refractivity contribution >= 4 is 22.4 Å². The van der Waals surface area contributed by atoms with E-state index in [0.29, 0.717) is 21.9 Å². The third-order valence-electron chi connectivity index (χ3n) is 4.55. The standard InChI is InChI=1S/C23H19ClN2O3/c24-17-10-12-19(13-11-17)29-15-18(27)14-26-23(28)21-9-5-4-8-20(21)22(25-26)16-6-2-1-3-7-16/h1-13,18,27H,14-15H2. The van der Waals surface area contributed by atoms with Crippen LogP contribution in [0.1, 0.15) is 0 Å². The van der Waals surface area contributed by atoms with E-state index in [1.165, 1.54) is 4.68 Å². The van der Waals surface area contributed by atoms with Gasteiger partial charge in [-0.3, -0.25) is 4.79 Å². The molecule has 0 bridgehead atoms. The van der Waals surface area contributed by atoms with E-state index in [-0.39, 0.29) is 18.7 Å². The lowest BCUT2D eigenvalue weighted by Crippen LogP contribution is -2.32. The van der Waals surface area contributed by atoms with Crippen molar-refractivity contribution in [1.82, 2.24) is 9.78 Å². The third kappa shape index (κ3) is 4.31. The maximum atomic E-state index is 12.9. The molecule has 4 aromatic rings. The van der Waals surface area contributed by atoms with Crippen molar-refractivity contribution in [3.05, 3.63) is 94.2 Å². The second-order valence-electron chi connectivity index (χ2n) is 6.67. The summed E-state index contributed by atoms with van der Waals surface area (Å²) in [6, 6.07) is 23.9. The maximum Gasteiger partial charge on any atom is 0.274 e. The first kappa shape index (κ1) is 19.2. The van der Waals surface area contributed by atoms with Crippen molar-refractivity contribution in [2.24, 2.45) is 0 Å². The molecule has 0 aliphatic rings. The highest BCUT2D eigenvalue weighted by Crippen LogP contribution is 2.24. The molecule has 0 saturated heterocycles. The van der Waals surface area contributed by atoms with Gasteiger partial charge in [-0.05, 0) is 30.3 Å². The molecule has 5 nitrogen and oxygen atoms in total. The molecule has 29 heavy (non-hydrogen) atoms. The molecule has 146 valence electrons. The van der Waals surface area contributed by atoms with Crippen LogP contribution in [0.5, 0.6) is 5.75 Å². The summed E-state index contributed by atoms with van der Waals surface area (Å²) in [6.45, 7) is 0.0559. The second-order valence-corrected chi connectivity index (χ2v) is 7.10. The third-order valence-corrected chi connectivity index (χ3v) is 4.81. The SMILES string of the molecule is O=c1c2ccccc2c(-c2ccccc2)nn1CC(O)COc1ccc(Cl)cc1. The molecule has 1 heterocycles. The van der Waals surface area contributed by atoms with Crippen LogP contribution in [-0.2, 0) is 6.54 Å². The zero-order valence-electron chi connectivity index (χ0n) is 15.5. The number of hydrogen-bond acceptors (Lipinski definition) is 4. The van der Waals surface area contributed by atoms with Gasteiger partial charge in [0.15, 0.2) is 0 Å². The number of hydrogen-bond donors (Lipinski definition) is 1. The van der Waals surface area contributed by atoms with Crippen molar-refractivity contribution in [3.63, 3.8) is 0 Å². The summed E-state index contributed by atoms with van der Waals surface area (Å²) < 4.78 is 6.89. The van der Waals surface area contributed by atoms with Crippen LogP contribution in [0, 0.1) is 0 Å². The molecule has 0 spiro atoms. The van der Waals surface area contributed by atoms with Crippen molar-refractivity contribution in [3.8, 4) is 17.0 Å². The zero-order valence-corrected chi connectivity index (χ0v) is 16.3. The lowest BCUT2D eigenvalue weighted by Gasteiger charge is -2.15. The zero-order chi connectivity index (χ0) is 20.2. The van der Waals surface area contributed by atoms with Crippen molar-refractivity contribution in [2.75, 3.05) is 6.61 Å². The van der Waals surface area contributed by atoms with Gasteiger partial charge >= 0.3 is 0 Å². The number of nitrogens with zero attached hydrogens (tertiary/aromatic N) is 2. The Morgan fingerprint density at radius 3 is 2.31 bits per heavy atom. The number of aliphatic hydroxyl groups is 1. The fraction of sp³-hybridized carbons (Fsp3) is 0.130. The summed E-state index contributed by atoms with van der Waals surface area (Å²) >= 11 is 5.86. The van der Waals surface area contributed by atoms with Crippen LogP contribution in [0.15, 0.2) is 83.7 Å². The van der Waals surface area contributed by atoms with Crippen molar-refractivity contribution < 1.29 is 9.84 Å². The number of halogens is 1. The fourth-order valence-corrected chi connectivity index (χ4v) is 3.27. The topological polar surface area (TPSA) is 64.4 Å². The lowest BCUT2D eigenvalue weighted by molar-refractivity contribution is 0.0882. The number of ether oxygens (including phenoxy) is 1. The van der Waals surface area contributed by atoms with Gasteiger partial charge in [-0.15, -0.1) is 0 Å². The molecule has 0 aliphatic heterocycles. The van der Waals surface area contributed by atoms with Crippen LogP contribution in [0.25, 0.3) is 22.0 Å². The quantitative estimate of drug-likeness (QED) is 0.522. The lowest BCUT2D eigenvalue weighted by atomic mass is 10.1. The van der Waals surface area contributed by atoms with Gasteiger partial charge in [0.1, 0.15) is 18.5 Å². The molecule has 1 atom stereocenters. The molecule has 0 radical (unpaired) electrons. The van der Waals surface area contributed by atoms with Crippen LogP contribution < -0.4 is 10.3 Å². The van der Waals surface area contributed by atoms with Gasteiger partial charge in [0, 0.05) is 16.0 Å². The van der Waals surface area contributed by atoms with Crippen LogP contribution in [-0.4, -0.2) is 27.6 Å². The molecular formula is C23H19ClN2O3. The maximum absolute atomic E-state index is 12.9. The van der Waals surface area contributed by atoms with Crippen LogP contribution in [0.4, 0.5) is 0 Å². The van der Waals surface area contributed by atoms with Gasteiger partial charge in [-0.1, -0.05) is 60.1 Å². The molecule has 3 aromatic carbocycles. The van der Waals surface area contributed by atoms with Crippen molar-refractivity contribution in [2.45, 2.75) is 12.6 Å². The smallest absolute Gasteiger partial charge is 0.274 e. The molecule has 6 heteroatoms. The highest BCUT2D eigenvalue weighted by atomic mass is 35.5. The number of rotatable bonds is 6. The Hall–Kier alpha value is -3.15. The van der Waals surface area contributed by atoms with Gasteiger partial charge < -0.3 is 9.84 Å². The van der Waals surface area contributed by atoms with E-state index in [1.54, 1.807) is 30.3 Å². The summed E-state index contributed by atoms with van der Waals surface area (Å²) in [5.41, 5.74) is 1.36. The molecule has 0 saturated carbocycles. The van der Waals surface area contributed by atoms with Gasteiger partial charge in [-0.25, -0.2) is 4.68 Å². The van der Waals surface area contributed by atoms with E-state index in [4.69, 9.17) is 16.3 Å². The molecule has 1 aromatic heterocycles. The highest BCUT2D eigenvalue weighted by Gasteiger charge is 2.15. The molecule has 0 fully saturated rings. The Bertz CT molecular complexity index is 1170. The van der Waals surface area contributed by atoms with E-state index in [2.05, 4.69) is 5.10 Å². The van der Waals surface area contributed by atoms with E-state index in [0.717, 1.165) is 10.9 Å². The molecule has 1 N–H and O–H groups in total. The van der Waals surface area contributed by atoms with Crippen LogP contribution in [0.2, 0.25) is 5.02 Å².